The fourth-order valence-corrected chi connectivity index (χ4v) is 8.27. The van der Waals surface area contributed by atoms with E-state index in [2.05, 4.69) is 96.5 Å². The van der Waals surface area contributed by atoms with Gasteiger partial charge in [0, 0.05) is 38.4 Å². The Morgan fingerprint density at radius 3 is 2.54 bits per heavy atom. The van der Waals surface area contributed by atoms with Crippen LogP contribution in [0.5, 0.6) is 0 Å². The third-order valence-electron chi connectivity index (χ3n) is 6.82. The smallest absolute Gasteiger partial charge is 0.262 e. The molecule has 5 rings (SSSR count). The van der Waals surface area contributed by atoms with Crippen LogP contribution in [0.1, 0.15) is 38.1 Å². The highest BCUT2D eigenvalue weighted by atomic mass is 35.5. The van der Waals surface area contributed by atoms with Crippen molar-refractivity contribution in [3.05, 3.63) is 80.8 Å². The minimum Gasteiger partial charge on any atom is -0.335 e. The van der Waals surface area contributed by atoms with Crippen LogP contribution in [0.15, 0.2) is 90.5 Å². The van der Waals surface area contributed by atoms with E-state index < -0.39 is 0 Å². The number of hydrogen-bond acceptors (Lipinski definition) is 5. The molecule has 0 fully saturated rings. The second kappa shape index (κ2) is 12.1. The van der Waals surface area contributed by atoms with E-state index in [0.29, 0.717) is 0 Å². The molecule has 37 heavy (non-hydrogen) atoms. The summed E-state index contributed by atoms with van der Waals surface area (Å²) in [4.78, 5) is 6.35. The van der Waals surface area contributed by atoms with Gasteiger partial charge in [0.25, 0.3) is 5.01 Å². The van der Waals surface area contributed by atoms with Gasteiger partial charge in [0.15, 0.2) is 0 Å². The summed E-state index contributed by atoms with van der Waals surface area (Å²) in [5.74, 6) is 0. The summed E-state index contributed by atoms with van der Waals surface area (Å²) in [5.41, 5.74) is 5.11. The van der Waals surface area contributed by atoms with Crippen molar-refractivity contribution in [2.45, 2.75) is 54.3 Å². The predicted octanol–water partition coefficient (Wildman–Crippen LogP) is 9.74. The largest absolute Gasteiger partial charge is 0.335 e. The Hall–Kier alpha value is -1.57. The normalized spacial score (nSPS) is 18.2. The molecule has 0 atom stereocenters. The van der Waals surface area contributed by atoms with E-state index in [1.165, 1.54) is 51.8 Å². The second-order valence-corrected chi connectivity index (χ2v) is 13.2. The zero-order valence-corrected chi connectivity index (χ0v) is 25.7. The molecule has 0 spiro atoms. The molecule has 0 saturated heterocycles. The molecule has 2 heterocycles. The van der Waals surface area contributed by atoms with Gasteiger partial charge in [-0.2, -0.15) is 4.57 Å². The summed E-state index contributed by atoms with van der Waals surface area (Å²) in [6, 6.07) is 13.5. The van der Waals surface area contributed by atoms with Crippen LogP contribution in [0, 0.1) is 0 Å². The van der Waals surface area contributed by atoms with Crippen molar-refractivity contribution >= 4 is 80.2 Å². The first-order chi connectivity index (χ1) is 18.1. The van der Waals surface area contributed by atoms with E-state index in [9.17, 15) is 0 Å². The van der Waals surface area contributed by atoms with Gasteiger partial charge in [0.1, 0.15) is 11.2 Å². The van der Waals surface area contributed by atoms with Crippen LogP contribution in [0.4, 0.5) is 5.69 Å². The summed E-state index contributed by atoms with van der Waals surface area (Å²) in [6.07, 6.45) is 16.5. The number of anilines is 1. The number of thioether (sulfide) groups is 3. The lowest BCUT2D eigenvalue weighted by atomic mass is 9.94. The molecule has 0 saturated carbocycles. The zero-order valence-electron chi connectivity index (χ0n) is 21.7. The maximum absolute atomic E-state index is 6.99. The van der Waals surface area contributed by atoms with E-state index >= 15 is 0 Å². The maximum Gasteiger partial charge on any atom is 0.262 e. The van der Waals surface area contributed by atoms with Crippen molar-refractivity contribution in [2.24, 2.45) is 0 Å². The average Bonchev–Trinajstić information content (AvgIpc) is 3.47. The van der Waals surface area contributed by atoms with Gasteiger partial charge < -0.3 is 4.90 Å². The number of rotatable bonds is 7. The number of aromatic nitrogens is 1. The van der Waals surface area contributed by atoms with Crippen molar-refractivity contribution in [2.75, 3.05) is 24.0 Å². The van der Waals surface area contributed by atoms with Crippen molar-refractivity contribution in [1.29, 1.82) is 0 Å². The summed E-state index contributed by atoms with van der Waals surface area (Å²) < 4.78 is 3.74. The van der Waals surface area contributed by atoms with Crippen LogP contribution in [-0.4, -0.2) is 19.1 Å². The van der Waals surface area contributed by atoms with E-state index in [4.69, 9.17) is 11.6 Å². The molecule has 0 bridgehead atoms. The topological polar surface area (TPSA) is 7.12 Å². The van der Waals surface area contributed by atoms with Crippen LogP contribution in [-0.2, 0) is 6.54 Å². The Bertz CT molecular complexity index is 1450. The molecule has 0 amide bonds. The molecule has 7 heteroatoms. The SMILES string of the molecule is CCN1C(=CC=C2CCCC(C=Cc3sc4ccc(SC)cc4[n+]3CC)=C2Cl)Sc2ccc(SC)cc21. The molecule has 1 aliphatic carbocycles. The van der Waals surface area contributed by atoms with Gasteiger partial charge in [-0.05, 0) is 93.2 Å². The van der Waals surface area contributed by atoms with Crippen LogP contribution in [0.25, 0.3) is 16.3 Å². The highest BCUT2D eigenvalue weighted by Crippen LogP contribution is 2.47. The minimum absolute atomic E-state index is 0.918. The van der Waals surface area contributed by atoms with Gasteiger partial charge in [0.2, 0.25) is 5.52 Å². The number of aryl methyl sites for hydroxylation is 1. The molecule has 192 valence electrons. The third-order valence-corrected chi connectivity index (χ3v) is 11.0. The lowest BCUT2D eigenvalue weighted by Gasteiger charge is -2.19. The molecule has 1 aromatic heterocycles. The van der Waals surface area contributed by atoms with Gasteiger partial charge in [-0.1, -0.05) is 46.9 Å². The van der Waals surface area contributed by atoms with Crippen LogP contribution >= 0.6 is 58.2 Å². The van der Waals surface area contributed by atoms with Crippen molar-refractivity contribution in [3.63, 3.8) is 0 Å². The Kier molecular flexibility index (Phi) is 8.82. The molecule has 2 nitrogen and oxygen atoms in total. The van der Waals surface area contributed by atoms with Crippen molar-refractivity contribution < 1.29 is 4.57 Å². The van der Waals surface area contributed by atoms with E-state index in [1.807, 2.05) is 23.1 Å². The predicted molar refractivity (Wildman–Crippen MR) is 169 cm³/mol. The lowest BCUT2D eigenvalue weighted by Crippen LogP contribution is -2.33. The molecule has 1 aliphatic heterocycles. The van der Waals surface area contributed by atoms with Gasteiger partial charge in [0.05, 0.1) is 10.7 Å². The number of halogens is 1. The summed E-state index contributed by atoms with van der Waals surface area (Å²) >= 11 is 14.3. The standard InChI is InChI=1S/C30H32ClN2S4/c1-5-32-24-18-22(34-3)12-14-26(24)36-28(32)16-10-20-8-7-9-21(30(20)31)11-17-29-33(6-2)25-19-23(35-4)13-15-27(25)37-29/h10-19H,5-9H2,1-4H3/q+1. The number of nitrogens with zero attached hydrogens (tertiary/aromatic N) is 2. The number of thiazole rings is 1. The number of allylic oxidation sites excluding steroid dienone is 6. The lowest BCUT2D eigenvalue weighted by molar-refractivity contribution is -0.665. The first kappa shape index (κ1) is 27.0. The molecule has 3 aromatic rings. The second-order valence-electron chi connectivity index (χ2n) is 8.92. The number of benzene rings is 2. The fraction of sp³-hybridized carbons (Fsp3) is 0.300. The molecule has 0 N–H and O–H groups in total. The Labute approximate surface area is 242 Å². The Morgan fingerprint density at radius 2 is 1.78 bits per heavy atom. The maximum atomic E-state index is 6.99. The summed E-state index contributed by atoms with van der Waals surface area (Å²) in [7, 11) is 0. The van der Waals surface area contributed by atoms with Crippen molar-refractivity contribution in [3.8, 4) is 0 Å². The van der Waals surface area contributed by atoms with Crippen molar-refractivity contribution in [1.82, 2.24) is 0 Å². The fourth-order valence-electron chi connectivity index (χ4n) is 4.87. The number of hydrogen-bond donors (Lipinski definition) is 0. The van der Waals surface area contributed by atoms with Crippen LogP contribution in [0.3, 0.4) is 0 Å². The Balaban J connectivity index is 1.41. The van der Waals surface area contributed by atoms with Gasteiger partial charge in [-0.25, -0.2) is 0 Å². The molecular formula is C30H32ClN2S4+. The molecule has 0 unspecified atom stereocenters. The number of fused-ring (bicyclic) bond motifs is 2. The highest BCUT2D eigenvalue weighted by molar-refractivity contribution is 8.03. The molecule has 2 aromatic carbocycles. The van der Waals surface area contributed by atoms with Gasteiger partial charge >= 0.3 is 0 Å². The van der Waals surface area contributed by atoms with E-state index in [-0.39, 0.29) is 0 Å². The summed E-state index contributed by atoms with van der Waals surface area (Å²) in [6.45, 7) is 6.35. The highest BCUT2D eigenvalue weighted by Gasteiger charge is 2.24. The van der Waals surface area contributed by atoms with E-state index in [0.717, 1.165) is 37.4 Å². The molecular weight excluding hydrogens is 552 g/mol. The average molecular weight is 584 g/mol. The van der Waals surface area contributed by atoms with Gasteiger partial charge in [-0.3, -0.25) is 0 Å². The van der Waals surface area contributed by atoms with Crippen LogP contribution < -0.4 is 9.47 Å². The van der Waals surface area contributed by atoms with Crippen LogP contribution in [0.2, 0.25) is 0 Å². The quantitative estimate of drug-likeness (QED) is 0.202. The first-order valence-corrected chi connectivity index (χ1v) is 17.1. The summed E-state index contributed by atoms with van der Waals surface area (Å²) in [5, 5.41) is 3.46. The van der Waals surface area contributed by atoms with Gasteiger partial charge in [-0.15, -0.1) is 23.5 Å². The third kappa shape index (κ3) is 5.60. The zero-order chi connectivity index (χ0) is 25.9. The monoisotopic (exact) mass is 583 g/mol. The van der Waals surface area contributed by atoms with E-state index in [1.54, 1.807) is 23.5 Å². The minimum atomic E-state index is 0.918. The molecule has 0 radical (unpaired) electrons. The first-order valence-electron chi connectivity index (χ1n) is 12.7. The molecule has 2 aliphatic rings. The Morgan fingerprint density at radius 1 is 1.00 bits per heavy atom.